The third-order valence-corrected chi connectivity index (χ3v) is 5.17. The van der Waals surface area contributed by atoms with Crippen LogP contribution in [-0.4, -0.2) is 62.0 Å². The number of ketones is 1. The molecular weight excluding hydrogens is 360 g/mol. The zero-order valence-electron chi connectivity index (χ0n) is 16.4. The molecule has 0 bridgehead atoms. The quantitative estimate of drug-likeness (QED) is 0.503. The number of hydrogen-bond acceptors (Lipinski definition) is 6. The maximum atomic E-state index is 12.5. The number of anilines is 1. The minimum absolute atomic E-state index is 0.0170. The van der Waals surface area contributed by atoms with Gasteiger partial charge in [-0.1, -0.05) is 6.42 Å². The van der Waals surface area contributed by atoms with Crippen molar-refractivity contribution in [1.29, 1.82) is 0 Å². The number of amides is 1. The van der Waals surface area contributed by atoms with Gasteiger partial charge in [-0.05, 0) is 51.1 Å². The average molecular weight is 388 g/mol. The van der Waals surface area contributed by atoms with Crippen LogP contribution in [0.15, 0.2) is 18.2 Å². The number of carbonyl (C=O) groups is 3. The first kappa shape index (κ1) is 20.3. The standard InChI is InChI=1S/C21H28N2O5/c1-2-27-21(26)9-7-18(24)16-6-8-19-17(14-16)23(20(25)15-28-19)13-12-22-10-4-3-5-11-22/h6,8,14H,2-5,7,9-13,15H2,1H3. The molecule has 1 aromatic rings. The minimum atomic E-state index is -0.379. The van der Waals surface area contributed by atoms with E-state index in [1.807, 2.05) is 0 Å². The number of nitrogens with zero attached hydrogens (tertiary/aromatic N) is 2. The highest BCUT2D eigenvalue weighted by Gasteiger charge is 2.27. The van der Waals surface area contributed by atoms with E-state index >= 15 is 0 Å². The van der Waals surface area contributed by atoms with Crippen molar-refractivity contribution in [1.82, 2.24) is 4.90 Å². The van der Waals surface area contributed by atoms with Gasteiger partial charge >= 0.3 is 5.97 Å². The van der Waals surface area contributed by atoms with E-state index in [0.29, 0.717) is 30.2 Å². The number of ether oxygens (including phenoxy) is 2. The van der Waals surface area contributed by atoms with Crippen molar-refractivity contribution in [3.63, 3.8) is 0 Å². The third-order valence-electron chi connectivity index (χ3n) is 5.17. The van der Waals surface area contributed by atoms with Gasteiger partial charge in [0, 0.05) is 25.1 Å². The zero-order chi connectivity index (χ0) is 19.9. The van der Waals surface area contributed by atoms with Crippen LogP contribution in [-0.2, 0) is 14.3 Å². The maximum absolute atomic E-state index is 12.5. The van der Waals surface area contributed by atoms with Crippen LogP contribution in [0.5, 0.6) is 5.75 Å². The predicted octanol–water partition coefficient (Wildman–Crippen LogP) is 2.42. The number of esters is 1. The molecule has 1 saturated heterocycles. The molecule has 3 rings (SSSR count). The van der Waals surface area contributed by atoms with Crippen molar-refractivity contribution >= 4 is 23.3 Å². The van der Waals surface area contributed by atoms with Crippen LogP contribution in [0.2, 0.25) is 0 Å². The fraction of sp³-hybridized carbons (Fsp3) is 0.571. The lowest BCUT2D eigenvalue weighted by molar-refractivity contribution is -0.143. The summed E-state index contributed by atoms with van der Waals surface area (Å²) in [6.45, 7) is 5.58. The Balaban J connectivity index is 1.68. The molecule has 1 fully saturated rings. The van der Waals surface area contributed by atoms with Gasteiger partial charge in [0.2, 0.25) is 0 Å². The van der Waals surface area contributed by atoms with Crippen LogP contribution in [0.1, 0.15) is 49.4 Å². The molecule has 7 nitrogen and oxygen atoms in total. The van der Waals surface area contributed by atoms with Gasteiger partial charge < -0.3 is 19.3 Å². The van der Waals surface area contributed by atoms with E-state index in [-0.39, 0.29) is 37.1 Å². The molecule has 0 spiro atoms. The van der Waals surface area contributed by atoms with Gasteiger partial charge in [-0.2, -0.15) is 0 Å². The largest absolute Gasteiger partial charge is 0.482 e. The highest BCUT2D eigenvalue weighted by atomic mass is 16.5. The molecule has 0 atom stereocenters. The van der Waals surface area contributed by atoms with Gasteiger partial charge in [0.15, 0.2) is 12.4 Å². The second kappa shape index (κ2) is 9.68. The van der Waals surface area contributed by atoms with E-state index in [1.165, 1.54) is 19.3 Å². The lowest BCUT2D eigenvalue weighted by atomic mass is 10.0. The van der Waals surface area contributed by atoms with Crippen LogP contribution in [0, 0.1) is 0 Å². The first-order valence-corrected chi connectivity index (χ1v) is 10.1. The molecule has 0 N–H and O–H groups in total. The van der Waals surface area contributed by atoms with Gasteiger partial charge in [-0.25, -0.2) is 0 Å². The highest BCUT2D eigenvalue weighted by molar-refractivity contribution is 6.02. The minimum Gasteiger partial charge on any atom is -0.482 e. The van der Waals surface area contributed by atoms with Gasteiger partial charge in [-0.3, -0.25) is 14.4 Å². The number of fused-ring (bicyclic) bond motifs is 1. The van der Waals surface area contributed by atoms with Crippen LogP contribution < -0.4 is 9.64 Å². The number of Topliss-reactive ketones (excluding diaryl/α,β-unsaturated/α-hetero) is 1. The van der Waals surface area contributed by atoms with Crippen molar-refractivity contribution < 1.29 is 23.9 Å². The molecule has 28 heavy (non-hydrogen) atoms. The monoisotopic (exact) mass is 388 g/mol. The molecular formula is C21H28N2O5. The Labute approximate surface area is 165 Å². The fourth-order valence-electron chi connectivity index (χ4n) is 3.64. The summed E-state index contributed by atoms with van der Waals surface area (Å²) in [5.41, 5.74) is 1.11. The summed E-state index contributed by atoms with van der Waals surface area (Å²) in [6.07, 6.45) is 3.81. The van der Waals surface area contributed by atoms with Gasteiger partial charge in [0.1, 0.15) is 5.75 Å². The summed E-state index contributed by atoms with van der Waals surface area (Å²) in [5.74, 6) is -0.0128. The van der Waals surface area contributed by atoms with Gasteiger partial charge in [0.25, 0.3) is 5.91 Å². The smallest absolute Gasteiger partial charge is 0.306 e. The molecule has 0 aromatic heterocycles. The first-order valence-electron chi connectivity index (χ1n) is 10.1. The van der Waals surface area contributed by atoms with Crippen molar-refractivity contribution in [2.24, 2.45) is 0 Å². The molecule has 1 amide bonds. The van der Waals surface area contributed by atoms with Crippen LogP contribution >= 0.6 is 0 Å². The second-order valence-corrected chi connectivity index (χ2v) is 7.15. The second-order valence-electron chi connectivity index (χ2n) is 7.15. The number of benzene rings is 1. The van der Waals surface area contributed by atoms with Gasteiger partial charge in [0.05, 0.1) is 18.7 Å². The molecule has 2 aliphatic heterocycles. The van der Waals surface area contributed by atoms with Crippen LogP contribution in [0.3, 0.4) is 0 Å². The highest BCUT2D eigenvalue weighted by Crippen LogP contribution is 2.33. The molecule has 0 aliphatic carbocycles. The Kier molecular flexibility index (Phi) is 7.03. The Morgan fingerprint density at radius 3 is 2.64 bits per heavy atom. The first-order chi connectivity index (χ1) is 13.6. The number of piperidine rings is 1. The van der Waals surface area contributed by atoms with E-state index in [9.17, 15) is 14.4 Å². The van der Waals surface area contributed by atoms with E-state index in [4.69, 9.17) is 9.47 Å². The van der Waals surface area contributed by atoms with E-state index in [2.05, 4.69) is 4.90 Å². The number of likely N-dealkylation sites (tertiary alicyclic amines) is 1. The average Bonchev–Trinajstić information content (AvgIpc) is 2.72. The number of hydrogen-bond donors (Lipinski definition) is 0. The van der Waals surface area contributed by atoms with E-state index < -0.39 is 0 Å². The summed E-state index contributed by atoms with van der Waals surface area (Å²) in [7, 11) is 0. The van der Waals surface area contributed by atoms with Crippen molar-refractivity contribution in [2.75, 3.05) is 44.3 Å². The Hall–Kier alpha value is -2.41. The fourth-order valence-corrected chi connectivity index (χ4v) is 3.64. The van der Waals surface area contributed by atoms with Crippen molar-refractivity contribution in [3.05, 3.63) is 23.8 Å². The summed E-state index contributed by atoms with van der Waals surface area (Å²) in [4.78, 5) is 40.5. The van der Waals surface area contributed by atoms with Crippen LogP contribution in [0.4, 0.5) is 5.69 Å². The van der Waals surface area contributed by atoms with Crippen LogP contribution in [0.25, 0.3) is 0 Å². The summed E-state index contributed by atoms with van der Waals surface area (Å²) >= 11 is 0. The molecule has 2 aliphatic rings. The number of carbonyl (C=O) groups excluding carboxylic acids is 3. The molecule has 7 heteroatoms. The summed E-state index contributed by atoms with van der Waals surface area (Å²) in [6, 6.07) is 5.12. The van der Waals surface area contributed by atoms with E-state index in [0.717, 1.165) is 19.6 Å². The summed E-state index contributed by atoms with van der Waals surface area (Å²) in [5, 5.41) is 0. The summed E-state index contributed by atoms with van der Waals surface area (Å²) < 4.78 is 10.4. The van der Waals surface area contributed by atoms with Gasteiger partial charge in [-0.15, -0.1) is 0 Å². The normalized spacial score (nSPS) is 17.0. The molecule has 152 valence electrons. The SMILES string of the molecule is CCOC(=O)CCC(=O)c1ccc2c(c1)N(CCN1CCCCC1)C(=O)CO2. The zero-order valence-corrected chi connectivity index (χ0v) is 16.4. The molecule has 0 saturated carbocycles. The Morgan fingerprint density at radius 2 is 1.89 bits per heavy atom. The lowest BCUT2D eigenvalue weighted by Crippen LogP contribution is -2.44. The maximum Gasteiger partial charge on any atom is 0.306 e. The molecule has 0 radical (unpaired) electrons. The molecule has 0 unspecified atom stereocenters. The van der Waals surface area contributed by atoms with Crippen molar-refractivity contribution in [2.45, 2.75) is 39.0 Å². The topological polar surface area (TPSA) is 76.2 Å². The molecule has 1 aromatic carbocycles. The Bertz CT molecular complexity index is 728. The molecule has 2 heterocycles. The predicted molar refractivity (Wildman–Crippen MR) is 105 cm³/mol. The van der Waals surface area contributed by atoms with E-state index in [1.54, 1.807) is 30.0 Å². The van der Waals surface area contributed by atoms with Crippen molar-refractivity contribution in [3.8, 4) is 5.75 Å². The lowest BCUT2D eigenvalue weighted by Gasteiger charge is -2.33. The Morgan fingerprint density at radius 1 is 1.11 bits per heavy atom. The third kappa shape index (κ3) is 5.10. The number of rotatable bonds is 8.